The Hall–Kier alpha value is -3.65. The van der Waals surface area contributed by atoms with Crippen molar-refractivity contribution in [3.8, 4) is 16.3 Å². The van der Waals surface area contributed by atoms with E-state index in [1.54, 1.807) is 11.3 Å². The van der Waals surface area contributed by atoms with Crippen LogP contribution in [0.2, 0.25) is 0 Å². The lowest BCUT2D eigenvalue weighted by molar-refractivity contribution is -0.106. The van der Waals surface area contributed by atoms with Crippen molar-refractivity contribution >= 4 is 44.4 Å². The smallest absolute Gasteiger partial charge is 0.190 e. The van der Waals surface area contributed by atoms with E-state index in [9.17, 15) is 4.79 Å². The summed E-state index contributed by atoms with van der Waals surface area (Å²) in [5, 5.41) is 4.25. The Bertz CT molecular complexity index is 1430. The van der Waals surface area contributed by atoms with Crippen molar-refractivity contribution in [3.63, 3.8) is 0 Å². The minimum Gasteiger partial charge on any atom is -0.468 e. The Balaban J connectivity index is 1.59. The van der Waals surface area contributed by atoms with Gasteiger partial charge >= 0.3 is 0 Å². The second kappa shape index (κ2) is 12.1. The molecule has 4 aromatic carbocycles. The lowest BCUT2D eigenvalue weighted by Crippen LogP contribution is -2.11. The number of aromatic nitrogens is 1. The van der Waals surface area contributed by atoms with Crippen molar-refractivity contribution in [2.75, 3.05) is 25.3 Å². The number of fused-ring (bicyclic) bond motifs is 1. The molecule has 0 saturated carbocycles. The molecular weight excluding hydrogens is 500 g/mol. The van der Waals surface area contributed by atoms with Crippen LogP contribution in [0.5, 0.6) is 5.75 Å². The molecule has 1 aromatic heterocycles. The van der Waals surface area contributed by atoms with Crippen LogP contribution in [0.3, 0.4) is 0 Å². The molecule has 1 N–H and O–H groups in total. The molecule has 5 rings (SSSR count). The standard InChI is InChI=1S/C30H27N2O3S2/c1-2-34-21-35-23-14-16-26-28(20-23)36-30(32-26)22-13-15-27(31-17-18-33)29(19-22)37(24-9-5-3-6-10-24)25-11-7-4-8-12-25/h3-16,18-20,31H,2,17,21H2,1H3/q+1. The zero-order chi connectivity index (χ0) is 25.5. The third-order valence-corrected chi connectivity index (χ3v) is 8.99. The molecule has 0 bridgehead atoms. The van der Waals surface area contributed by atoms with Crippen LogP contribution in [0.25, 0.3) is 20.8 Å². The first-order valence-electron chi connectivity index (χ1n) is 12.0. The fourth-order valence-corrected chi connectivity index (χ4v) is 7.17. The molecule has 0 aliphatic rings. The summed E-state index contributed by atoms with van der Waals surface area (Å²) in [4.78, 5) is 19.7. The highest BCUT2D eigenvalue weighted by Gasteiger charge is 2.32. The minimum absolute atomic E-state index is 0.230. The number of rotatable bonds is 11. The van der Waals surface area contributed by atoms with Gasteiger partial charge in [0.25, 0.3) is 0 Å². The van der Waals surface area contributed by atoms with Gasteiger partial charge in [0.1, 0.15) is 27.9 Å². The summed E-state index contributed by atoms with van der Waals surface area (Å²) >= 11 is 1.63. The van der Waals surface area contributed by atoms with Gasteiger partial charge in [-0.1, -0.05) is 36.4 Å². The second-order valence-electron chi connectivity index (χ2n) is 8.09. The van der Waals surface area contributed by atoms with Crippen LogP contribution < -0.4 is 10.1 Å². The Morgan fingerprint density at radius 1 is 0.919 bits per heavy atom. The van der Waals surface area contributed by atoms with Crippen LogP contribution in [-0.2, 0) is 20.4 Å². The molecule has 0 aliphatic heterocycles. The Morgan fingerprint density at radius 3 is 2.32 bits per heavy atom. The monoisotopic (exact) mass is 527 g/mol. The highest BCUT2D eigenvalue weighted by Crippen LogP contribution is 2.39. The summed E-state index contributed by atoms with van der Waals surface area (Å²) in [7, 11) is -0.375. The number of ether oxygens (including phenoxy) is 2. The van der Waals surface area contributed by atoms with Gasteiger partial charge in [-0.2, -0.15) is 0 Å². The van der Waals surface area contributed by atoms with E-state index in [-0.39, 0.29) is 24.2 Å². The van der Waals surface area contributed by atoms with Gasteiger partial charge < -0.3 is 19.6 Å². The van der Waals surface area contributed by atoms with E-state index >= 15 is 0 Å². The highest BCUT2D eigenvalue weighted by atomic mass is 32.2. The summed E-state index contributed by atoms with van der Waals surface area (Å²) < 4.78 is 12.1. The molecule has 0 unspecified atom stereocenters. The Kier molecular flexibility index (Phi) is 8.15. The van der Waals surface area contributed by atoms with Gasteiger partial charge in [0, 0.05) is 18.2 Å². The molecule has 37 heavy (non-hydrogen) atoms. The van der Waals surface area contributed by atoms with E-state index in [1.165, 1.54) is 9.79 Å². The number of hydrogen-bond donors (Lipinski definition) is 1. The van der Waals surface area contributed by atoms with Crippen molar-refractivity contribution in [3.05, 3.63) is 97.1 Å². The van der Waals surface area contributed by atoms with Crippen molar-refractivity contribution in [2.45, 2.75) is 21.6 Å². The molecule has 7 heteroatoms. The largest absolute Gasteiger partial charge is 0.468 e. The molecule has 0 aliphatic carbocycles. The van der Waals surface area contributed by atoms with E-state index in [0.717, 1.165) is 43.4 Å². The number of benzene rings is 4. The summed E-state index contributed by atoms with van der Waals surface area (Å²) in [6.45, 7) is 3.03. The zero-order valence-electron chi connectivity index (χ0n) is 20.4. The van der Waals surface area contributed by atoms with Gasteiger partial charge in [0.2, 0.25) is 0 Å². The third kappa shape index (κ3) is 5.85. The molecule has 0 spiro atoms. The summed E-state index contributed by atoms with van der Waals surface area (Å²) in [5.74, 6) is 0.764. The van der Waals surface area contributed by atoms with Gasteiger partial charge in [-0.3, -0.25) is 0 Å². The van der Waals surface area contributed by atoms with E-state index in [4.69, 9.17) is 14.5 Å². The quantitative estimate of drug-likeness (QED) is 0.0864. The average molecular weight is 528 g/mol. The molecule has 5 aromatic rings. The predicted molar refractivity (Wildman–Crippen MR) is 152 cm³/mol. The Labute approximate surface area is 223 Å². The first-order chi connectivity index (χ1) is 18.3. The van der Waals surface area contributed by atoms with Crippen LogP contribution in [0.4, 0.5) is 5.69 Å². The molecule has 0 radical (unpaired) electrons. The number of thiazole rings is 1. The first kappa shape index (κ1) is 25.0. The molecule has 0 amide bonds. The summed E-state index contributed by atoms with van der Waals surface area (Å²) in [6, 6.07) is 33.2. The maximum Gasteiger partial charge on any atom is 0.190 e. The zero-order valence-corrected chi connectivity index (χ0v) is 22.1. The topological polar surface area (TPSA) is 60.5 Å². The van der Waals surface area contributed by atoms with Crippen molar-refractivity contribution in [1.82, 2.24) is 4.98 Å². The van der Waals surface area contributed by atoms with Gasteiger partial charge in [0.05, 0.1) is 22.4 Å². The van der Waals surface area contributed by atoms with Gasteiger partial charge in [0.15, 0.2) is 21.5 Å². The van der Waals surface area contributed by atoms with Crippen LogP contribution >= 0.6 is 11.3 Å². The van der Waals surface area contributed by atoms with E-state index in [1.807, 2.05) is 37.3 Å². The predicted octanol–water partition coefficient (Wildman–Crippen LogP) is 7.04. The fourth-order valence-electron chi connectivity index (χ4n) is 3.94. The van der Waals surface area contributed by atoms with Crippen molar-refractivity contribution in [2.24, 2.45) is 0 Å². The van der Waals surface area contributed by atoms with Gasteiger partial charge in [-0.05, 0) is 61.5 Å². The lowest BCUT2D eigenvalue weighted by atomic mass is 10.2. The number of aldehydes is 1. The number of carbonyl (C=O) groups excluding carboxylic acids is 1. The molecule has 5 nitrogen and oxygen atoms in total. The third-order valence-electron chi connectivity index (χ3n) is 5.66. The number of anilines is 1. The average Bonchev–Trinajstić information content (AvgIpc) is 3.37. The minimum atomic E-state index is -0.375. The number of nitrogens with one attached hydrogen (secondary N) is 1. The lowest BCUT2D eigenvalue weighted by Gasteiger charge is -2.13. The van der Waals surface area contributed by atoms with E-state index < -0.39 is 0 Å². The normalized spacial score (nSPS) is 11.1. The van der Waals surface area contributed by atoms with Crippen molar-refractivity contribution in [1.29, 1.82) is 0 Å². The van der Waals surface area contributed by atoms with Crippen LogP contribution in [-0.4, -0.2) is 31.2 Å². The molecule has 186 valence electrons. The molecule has 0 fully saturated rings. The second-order valence-corrected chi connectivity index (χ2v) is 11.1. The van der Waals surface area contributed by atoms with Crippen LogP contribution in [0, 0.1) is 0 Å². The van der Waals surface area contributed by atoms with E-state index in [2.05, 4.69) is 72.0 Å². The maximum atomic E-state index is 11.2. The molecule has 0 saturated heterocycles. The van der Waals surface area contributed by atoms with Crippen LogP contribution in [0.15, 0.2) is 112 Å². The van der Waals surface area contributed by atoms with E-state index in [0.29, 0.717) is 6.61 Å². The SMILES string of the molecule is CCOCOc1ccc2nc(-c3ccc(NCC=O)c([S+](c4ccccc4)c4ccccc4)c3)sc2c1. The molecule has 0 atom stereocenters. The van der Waals surface area contributed by atoms with Crippen molar-refractivity contribution < 1.29 is 14.3 Å². The number of carbonyl (C=O) groups is 1. The highest BCUT2D eigenvalue weighted by molar-refractivity contribution is 7.97. The van der Waals surface area contributed by atoms with Gasteiger partial charge in [-0.25, -0.2) is 4.98 Å². The van der Waals surface area contributed by atoms with Crippen LogP contribution in [0.1, 0.15) is 6.92 Å². The summed E-state index contributed by atoms with van der Waals surface area (Å²) in [5.41, 5.74) is 2.91. The fraction of sp³-hybridized carbons (Fsp3) is 0.133. The first-order valence-corrected chi connectivity index (χ1v) is 14.1. The Morgan fingerprint density at radius 2 is 1.65 bits per heavy atom. The summed E-state index contributed by atoms with van der Waals surface area (Å²) in [6.07, 6.45) is 0.888. The van der Waals surface area contributed by atoms with Gasteiger partial charge in [-0.15, -0.1) is 11.3 Å². The molecular formula is C30H27N2O3S2+. The number of hydrogen-bond acceptors (Lipinski definition) is 6. The molecule has 1 heterocycles. The maximum absolute atomic E-state index is 11.2. The number of nitrogens with zero attached hydrogens (tertiary/aromatic N) is 1.